The molecule has 3 rings (SSSR count). The lowest BCUT2D eigenvalue weighted by atomic mass is 10.1. The largest absolute Gasteiger partial charge is 0.497 e. The second-order valence-electron chi connectivity index (χ2n) is 8.03. The van der Waals surface area contributed by atoms with Gasteiger partial charge in [-0.15, -0.1) is 0 Å². The number of nitrogens with one attached hydrogen (secondary N) is 1. The number of anilines is 1. The van der Waals surface area contributed by atoms with E-state index >= 15 is 0 Å². The highest BCUT2D eigenvalue weighted by atomic mass is 16.5. The molecule has 8 nitrogen and oxygen atoms in total. The smallest absolute Gasteiger partial charge is 0.187 e. The molecular weight excluding hydrogens is 486 g/mol. The molecule has 0 aliphatic carbocycles. The second-order valence-corrected chi connectivity index (χ2v) is 8.03. The molecule has 0 heterocycles. The predicted octanol–water partition coefficient (Wildman–Crippen LogP) is 5.36. The zero-order valence-electron chi connectivity index (χ0n) is 22.1. The number of ketones is 2. The van der Waals surface area contributed by atoms with E-state index in [1.807, 2.05) is 6.07 Å². The normalized spacial score (nSPS) is 10.9. The van der Waals surface area contributed by atoms with Crippen LogP contribution in [0, 0.1) is 0 Å². The molecule has 3 aromatic rings. The first-order valence-corrected chi connectivity index (χ1v) is 11.7. The molecule has 0 radical (unpaired) electrons. The van der Waals surface area contributed by atoms with Crippen LogP contribution in [-0.2, 0) is 11.2 Å². The van der Waals surface area contributed by atoms with Crippen molar-refractivity contribution in [3.05, 3.63) is 89.6 Å². The van der Waals surface area contributed by atoms with Gasteiger partial charge in [-0.3, -0.25) is 9.59 Å². The Labute approximate surface area is 222 Å². The quantitative estimate of drug-likeness (QED) is 0.239. The van der Waals surface area contributed by atoms with Gasteiger partial charge < -0.3 is 29.0 Å². The van der Waals surface area contributed by atoms with Crippen molar-refractivity contribution in [2.24, 2.45) is 0 Å². The van der Waals surface area contributed by atoms with Gasteiger partial charge in [0.05, 0.1) is 46.8 Å². The Balaban J connectivity index is 1.71. The van der Waals surface area contributed by atoms with Gasteiger partial charge in [-0.1, -0.05) is 6.07 Å². The van der Waals surface area contributed by atoms with Crippen molar-refractivity contribution in [1.82, 2.24) is 0 Å². The van der Waals surface area contributed by atoms with Crippen LogP contribution in [0.25, 0.3) is 6.08 Å². The van der Waals surface area contributed by atoms with E-state index in [2.05, 4.69) is 5.32 Å². The fraction of sp³-hybridized carbons (Fsp3) is 0.200. The van der Waals surface area contributed by atoms with Gasteiger partial charge >= 0.3 is 0 Å². The molecule has 0 aliphatic rings. The maximum absolute atomic E-state index is 12.8. The van der Waals surface area contributed by atoms with Crippen LogP contribution < -0.4 is 29.0 Å². The van der Waals surface area contributed by atoms with Crippen LogP contribution in [-0.4, -0.2) is 47.1 Å². The molecule has 0 saturated carbocycles. The molecular formula is C30H31NO7. The van der Waals surface area contributed by atoms with Crippen molar-refractivity contribution in [3.63, 3.8) is 0 Å². The Morgan fingerprint density at radius 3 is 1.92 bits per heavy atom. The molecule has 0 amide bonds. The maximum atomic E-state index is 12.8. The van der Waals surface area contributed by atoms with Crippen LogP contribution in [0.5, 0.6) is 28.7 Å². The highest BCUT2D eigenvalue weighted by Crippen LogP contribution is 2.35. The van der Waals surface area contributed by atoms with Gasteiger partial charge in [-0.2, -0.15) is 0 Å². The monoisotopic (exact) mass is 517 g/mol. The van der Waals surface area contributed by atoms with Crippen LogP contribution in [0.15, 0.2) is 72.9 Å². The number of allylic oxidation sites excluding steroid dienone is 2. The average Bonchev–Trinajstić information content (AvgIpc) is 2.95. The van der Waals surface area contributed by atoms with E-state index < -0.39 is 0 Å². The topological polar surface area (TPSA) is 92.3 Å². The predicted molar refractivity (Wildman–Crippen MR) is 147 cm³/mol. The highest BCUT2D eigenvalue weighted by molar-refractivity contribution is 6.04. The molecule has 1 N–H and O–H groups in total. The van der Waals surface area contributed by atoms with Gasteiger partial charge in [0, 0.05) is 36.4 Å². The fourth-order valence-corrected chi connectivity index (χ4v) is 3.67. The van der Waals surface area contributed by atoms with Crippen molar-refractivity contribution in [2.45, 2.75) is 6.42 Å². The third-order valence-corrected chi connectivity index (χ3v) is 5.68. The van der Waals surface area contributed by atoms with Crippen LogP contribution in [0.3, 0.4) is 0 Å². The van der Waals surface area contributed by atoms with Crippen molar-refractivity contribution < 1.29 is 33.3 Å². The third kappa shape index (κ3) is 7.16. The molecule has 3 aromatic carbocycles. The number of hydrogen-bond donors (Lipinski definition) is 1. The molecule has 0 fully saturated rings. The summed E-state index contributed by atoms with van der Waals surface area (Å²) >= 11 is 0. The molecule has 198 valence electrons. The van der Waals surface area contributed by atoms with Gasteiger partial charge in [-0.05, 0) is 54.1 Å². The Morgan fingerprint density at radius 1 is 0.711 bits per heavy atom. The van der Waals surface area contributed by atoms with Crippen molar-refractivity contribution in [2.75, 3.05) is 40.9 Å². The summed E-state index contributed by atoms with van der Waals surface area (Å²) in [5, 5.41) is 3.07. The standard InChI is InChI=1S/C30H31NO7/c1-34-23-10-7-21(8-11-23)27(33)14-15-31-26-17-20(6-13-28(26)36-3)16-22(32)9-12-25-29(37-4)18-24(35-2)19-30(25)38-5/h6-15,17-19,31H,16H2,1-5H3/b12-9+,15-14-. The van der Waals surface area contributed by atoms with Crippen LogP contribution in [0.2, 0.25) is 0 Å². The van der Waals surface area contributed by atoms with Gasteiger partial charge in [0.15, 0.2) is 11.6 Å². The minimum absolute atomic E-state index is 0.119. The van der Waals surface area contributed by atoms with E-state index in [0.717, 1.165) is 5.56 Å². The van der Waals surface area contributed by atoms with Crippen molar-refractivity contribution in [1.29, 1.82) is 0 Å². The van der Waals surface area contributed by atoms with Gasteiger partial charge in [0.25, 0.3) is 0 Å². The zero-order valence-corrected chi connectivity index (χ0v) is 22.1. The molecule has 0 spiro atoms. The lowest BCUT2D eigenvalue weighted by molar-refractivity contribution is -0.113. The minimum Gasteiger partial charge on any atom is -0.497 e. The van der Waals surface area contributed by atoms with E-state index in [-0.39, 0.29) is 18.0 Å². The van der Waals surface area contributed by atoms with E-state index in [0.29, 0.717) is 45.6 Å². The van der Waals surface area contributed by atoms with E-state index in [9.17, 15) is 9.59 Å². The summed E-state index contributed by atoms with van der Waals surface area (Å²) in [6.07, 6.45) is 6.27. The van der Waals surface area contributed by atoms with E-state index in [1.54, 1.807) is 75.9 Å². The van der Waals surface area contributed by atoms with Gasteiger partial charge in [0.1, 0.15) is 28.7 Å². The van der Waals surface area contributed by atoms with Gasteiger partial charge in [-0.25, -0.2) is 0 Å². The lowest BCUT2D eigenvalue weighted by Gasteiger charge is -2.12. The second kappa shape index (κ2) is 13.5. The summed E-state index contributed by atoms with van der Waals surface area (Å²) in [6, 6.07) is 15.7. The van der Waals surface area contributed by atoms with E-state index in [1.165, 1.54) is 32.6 Å². The summed E-state index contributed by atoms with van der Waals surface area (Å²) < 4.78 is 26.7. The molecule has 8 heteroatoms. The zero-order chi connectivity index (χ0) is 27.5. The Kier molecular flexibility index (Phi) is 9.93. The molecule has 0 bridgehead atoms. The number of hydrogen-bond acceptors (Lipinski definition) is 8. The van der Waals surface area contributed by atoms with Crippen LogP contribution in [0.1, 0.15) is 21.5 Å². The summed E-state index contributed by atoms with van der Waals surface area (Å²) in [5.74, 6) is 2.60. The highest BCUT2D eigenvalue weighted by Gasteiger charge is 2.12. The maximum Gasteiger partial charge on any atom is 0.187 e. The van der Waals surface area contributed by atoms with Crippen LogP contribution in [0.4, 0.5) is 5.69 Å². The Bertz CT molecular complexity index is 1300. The molecule has 0 unspecified atom stereocenters. The average molecular weight is 518 g/mol. The summed E-state index contributed by atoms with van der Waals surface area (Å²) in [6.45, 7) is 0. The molecule has 0 aliphatic heterocycles. The molecule has 0 atom stereocenters. The van der Waals surface area contributed by atoms with Crippen molar-refractivity contribution in [3.8, 4) is 28.7 Å². The minimum atomic E-state index is -0.167. The lowest BCUT2D eigenvalue weighted by Crippen LogP contribution is -2.02. The summed E-state index contributed by atoms with van der Waals surface area (Å²) in [7, 11) is 7.76. The van der Waals surface area contributed by atoms with Crippen LogP contribution >= 0.6 is 0 Å². The number of carbonyl (C=O) groups is 2. The first-order chi connectivity index (χ1) is 18.4. The molecule has 0 saturated heterocycles. The summed E-state index contributed by atoms with van der Waals surface area (Å²) in [5.41, 5.74) is 2.56. The first-order valence-electron chi connectivity index (χ1n) is 11.7. The number of ether oxygens (including phenoxy) is 5. The molecule has 0 aromatic heterocycles. The Hall–Kier alpha value is -4.72. The Morgan fingerprint density at radius 2 is 1.34 bits per heavy atom. The third-order valence-electron chi connectivity index (χ3n) is 5.68. The number of benzene rings is 3. The van der Waals surface area contributed by atoms with Gasteiger partial charge in [0.2, 0.25) is 0 Å². The first kappa shape index (κ1) is 27.9. The number of methoxy groups -OCH3 is 5. The SMILES string of the molecule is COc1ccc(C(=O)/C=C\Nc2cc(CC(=O)/C=C/c3c(OC)cc(OC)cc3OC)ccc2OC)cc1. The molecule has 38 heavy (non-hydrogen) atoms. The van der Waals surface area contributed by atoms with E-state index in [4.69, 9.17) is 23.7 Å². The summed E-state index contributed by atoms with van der Waals surface area (Å²) in [4.78, 5) is 25.2. The van der Waals surface area contributed by atoms with Crippen molar-refractivity contribution >= 4 is 23.3 Å². The fourth-order valence-electron chi connectivity index (χ4n) is 3.67. The number of rotatable bonds is 13. The number of carbonyl (C=O) groups excluding carboxylic acids is 2.